The molecular weight excluding hydrogens is 278 g/mol. The highest BCUT2D eigenvalue weighted by atomic mass is 16.5. The largest absolute Gasteiger partial charge is 0.497 e. The number of benzene rings is 1. The van der Waals surface area contributed by atoms with Crippen LogP contribution in [0.15, 0.2) is 18.2 Å². The Labute approximate surface area is 133 Å². The zero-order valence-corrected chi connectivity index (χ0v) is 13.9. The van der Waals surface area contributed by atoms with Crippen molar-refractivity contribution in [3.8, 4) is 5.75 Å². The van der Waals surface area contributed by atoms with Gasteiger partial charge in [0.1, 0.15) is 5.75 Å². The summed E-state index contributed by atoms with van der Waals surface area (Å²) in [5, 5.41) is 3.27. The Bertz CT molecular complexity index is 499. The number of rotatable bonds is 6. The van der Waals surface area contributed by atoms with Crippen molar-refractivity contribution < 1.29 is 9.53 Å². The molecular formula is C17H27N3O2. The Morgan fingerprint density at radius 1 is 1.32 bits per heavy atom. The molecule has 0 atom stereocenters. The molecule has 1 aromatic rings. The van der Waals surface area contributed by atoms with Crippen LogP contribution < -0.4 is 10.1 Å². The number of nitrogens with zero attached hydrogens (tertiary/aromatic N) is 2. The number of nitrogens with one attached hydrogen (secondary N) is 1. The van der Waals surface area contributed by atoms with Crippen LogP contribution in [-0.4, -0.2) is 62.6 Å². The van der Waals surface area contributed by atoms with Gasteiger partial charge in [-0.25, -0.2) is 0 Å². The molecule has 1 saturated heterocycles. The maximum Gasteiger partial charge on any atom is 0.236 e. The molecule has 1 heterocycles. The van der Waals surface area contributed by atoms with E-state index in [1.807, 2.05) is 18.0 Å². The number of carbonyl (C=O) groups is 1. The molecule has 5 heteroatoms. The molecule has 0 aromatic heterocycles. The van der Waals surface area contributed by atoms with Crippen molar-refractivity contribution >= 4 is 5.91 Å². The summed E-state index contributed by atoms with van der Waals surface area (Å²) in [7, 11) is 3.69. The fourth-order valence-electron chi connectivity index (χ4n) is 2.80. The van der Waals surface area contributed by atoms with Crippen molar-refractivity contribution in [2.45, 2.75) is 19.9 Å². The number of ether oxygens (including phenoxy) is 1. The van der Waals surface area contributed by atoms with Crippen LogP contribution in [0.4, 0.5) is 0 Å². The van der Waals surface area contributed by atoms with Gasteiger partial charge in [-0.1, -0.05) is 13.0 Å². The minimum absolute atomic E-state index is 0.218. The fourth-order valence-corrected chi connectivity index (χ4v) is 2.80. The Morgan fingerprint density at radius 3 is 2.68 bits per heavy atom. The predicted octanol–water partition coefficient (Wildman–Crippen LogP) is 1.12. The SMILES string of the molecule is CCc1cc(OC)ccc1CN(C)CC(=O)N1CCNCC1. The molecule has 1 aliphatic heterocycles. The summed E-state index contributed by atoms with van der Waals surface area (Å²) in [4.78, 5) is 16.3. The number of hydrogen-bond donors (Lipinski definition) is 1. The van der Waals surface area contributed by atoms with Gasteiger partial charge in [0.05, 0.1) is 13.7 Å². The second kappa shape index (κ2) is 8.15. The molecule has 0 unspecified atom stereocenters. The number of carbonyl (C=O) groups excluding carboxylic acids is 1. The summed E-state index contributed by atoms with van der Waals surface area (Å²) < 4.78 is 5.28. The molecule has 1 aromatic carbocycles. The normalized spacial score (nSPS) is 15.2. The lowest BCUT2D eigenvalue weighted by molar-refractivity contribution is -0.132. The first-order valence-corrected chi connectivity index (χ1v) is 7.97. The van der Waals surface area contributed by atoms with Crippen molar-refractivity contribution in [2.24, 2.45) is 0 Å². The second-order valence-electron chi connectivity index (χ2n) is 5.79. The molecule has 2 rings (SSSR count). The smallest absolute Gasteiger partial charge is 0.236 e. The van der Waals surface area contributed by atoms with E-state index in [9.17, 15) is 4.79 Å². The number of likely N-dealkylation sites (N-methyl/N-ethyl adjacent to an activating group) is 1. The average Bonchev–Trinajstić information content (AvgIpc) is 2.55. The van der Waals surface area contributed by atoms with Crippen LogP contribution in [0.3, 0.4) is 0 Å². The molecule has 122 valence electrons. The third kappa shape index (κ3) is 4.45. The molecule has 0 spiro atoms. The average molecular weight is 305 g/mol. The monoisotopic (exact) mass is 305 g/mol. The summed E-state index contributed by atoms with van der Waals surface area (Å²) in [5.41, 5.74) is 2.54. The molecule has 0 saturated carbocycles. The zero-order valence-electron chi connectivity index (χ0n) is 13.9. The van der Waals surface area contributed by atoms with Gasteiger partial charge in [-0.2, -0.15) is 0 Å². The van der Waals surface area contributed by atoms with Crippen molar-refractivity contribution in [3.63, 3.8) is 0 Å². The Hall–Kier alpha value is -1.59. The van der Waals surface area contributed by atoms with Crippen LogP contribution in [0, 0.1) is 0 Å². The summed E-state index contributed by atoms with van der Waals surface area (Å²) in [6.45, 7) is 6.82. The van der Waals surface area contributed by atoms with Gasteiger partial charge in [-0.15, -0.1) is 0 Å². The highest BCUT2D eigenvalue weighted by Gasteiger charge is 2.18. The van der Waals surface area contributed by atoms with Gasteiger partial charge >= 0.3 is 0 Å². The second-order valence-corrected chi connectivity index (χ2v) is 5.79. The van der Waals surface area contributed by atoms with Crippen LogP contribution in [-0.2, 0) is 17.8 Å². The first-order chi connectivity index (χ1) is 10.6. The molecule has 0 bridgehead atoms. The quantitative estimate of drug-likeness (QED) is 0.855. The highest BCUT2D eigenvalue weighted by molar-refractivity contribution is 5.78. The molecule has 0 radical (unpaired) electrons. The minimum Gasteiger partial charge on any atom is -0.497 e. The van der Waals surface area contributed by atoms with E-state index in [1.165, 1.54) is 11.1 Å². The lowest BCUT2D eigenvalue weighted by Crippen LogP contribution is -2.49. The van der Waals surface area contributed by atoms with E-state index in [1.54, 1.807) is 7.11 Å². The summed E-state index contributed by atoms with van der Waals surface area (Å²) >= 11 is 0. The maximum absolute atomic E-state index is 12.3. The summed E-state index contributed by atoms with van der Waals surface area (Å²) in [6.07, 6.45) is 0.964. The lowest BCUT2D eigenvalue weighted by atomic mass is 10.0. The maximum atomic E-state index is 12.3. The molecule has 22 heavy (non-hydrogen) atoms. The van der Waals surface area contributed by atoms with E-state index in [0.717, 1.165) is 44.9 Å². The van der Waals surface area contributed by atoms with Crippen LogP contribution in [0.2, 0.25) is 0 Å². The molecule has 1 N–H and O–H groups in total. The molecule has 1 fully saturated rings. The number of aryl methyl sites for hydroxylation is 1. The van der Waals surface area contributed by atoms with Gasteiger partial charge in [0, 0.05) is 32.7 Å². The molecule has 1 aliphatic rings. The van der Waals surface area contributed by atoms with Crippen LogP contribution in [0.1, 0.15) is 18.1 Å². The first-order valence-electron chi connectivity index (χ1n) is 7.97. The van der Waals surface area contributed by atoms with Gasteiger partial charge in [0.15, 0.2) is 0 Å². The van der Waals surface area contributed by atoms with Gasteiger partial charge in [0.25, 0.3) is 0 Å². The molecule has 0 aliphatic carbocycles. The molecule has 1 amide bonds. The van der Waals surface area contributed by atoms with Crippen molar-refractivity contribution in [1.29, 1.82) is 0 Å². The highest BCUT2D eigenvalue weighted by Crippen LogP contribution is 2.19. The van der Waals surface area contributed by atoms with Crippen molar-refractivity contribution in [2.75, 3.05) is 46.9 Å². The number of piperazine rings is 1. The van der Waals surface area contributed by atoms with Gasteiger partial charge in [-0.05, 0) is 36.7 Å². The van der Waals surface area contributed by atoms with E-state index >= 15 is 0 Å². The van der Waals surface area contributed by atoms with E-state index < -0.39 is 0 Å². The zero-order chi connectivity index (χ0) is 15.9. The fraction of sp³-hybridized carbons (Fsp3) is 0.588. The molecule has 5 nitrogen and oxygen atoms in total. The Balaban J connectivity index is 1.93. The van der Waals surface area contributed by atoms with E-state index in [-0.39, 0.29) is 5.91 Å². The third-order valence-electron chi connectivity index (χ3n) is 4.11. The Morgan fingerprint density at radius 2 is 2.05 bits per heavy atom. The number of amides is 1. The topological polar surface area (TPSA) is 44.8 Å². The van der Waals surface area contributed by atoms with E-state index in [0.29, 0.717) is 6.54 Å². The van der Waals surface area contributed by atoms with Crippen LogP contribution in [0.25, 0.3) is 0 Å². The van der Waals surface area contributed by atoms with Crippen LogP contribution >= 0.6 is 0 Å². The summed E-state index contributed by atoms with van der Waals surface area (Å²) in [6, 6.07) is 6.17. The van der Waals surface area contributed by atoms with Crippen LogP contribution in [0.5, 0.6) is 5.75 Å². The number of methoxy groups -OCH3 is 1. The van der Waals surface area contributed by atoms with Crippen molar-refractivity contribution in [3.05, 3.63) is 29.3 Å². The minimum atomic E-state index is 0.218. The first kappa shape index (κ1) is 16.8. The predicted molar refractivity (Wildman–Crippen MR) is 88.2 cm³/mol. The van der Waals surface area contributed by atoms with Gasteiger partial charge in [0.2, 0.25) is 5.91 Å². The van der Waals surface area contributed by atoms with Gasteiger partial charge in [-0.3, -0.25) is 9.69 Å². The Kier molecular flexibility index (Phi) is 6.21. The number of hydrogen-bond acceptors (Lipinski definition) is 4. The summed E-state index contributed by atoms with van der Waals surface area (Å²) in [5.74, 6) is 1.11. The van der Waals surface area contributed by atoms with Gasteiger partial charge < -0.3 is 15.0 Å². The third-order valence-corrected chi connectivity index (χ3v) is 4.11. The standard InChI is InChI=1S/C17H27N3O2/c1-4-14-11-16(22-3)6-5-15(14)12-19(2)13-17(21)20-9-7-18-8-10-20/h5-6,11,18H,4,7-10,12-13H2,1-3H3. The van der Waals surface area contributed by atoms with Crippen molar-refractivity contribution in [1.82, 2.24) is 15.1 Å². The lowest BCUT2D eigenvalue weighted by Gasteiger charge is -2.29. The van der Waals surface area contributed by atoms with E-state index in [2.05, 4.69) is 29.3 Å². The van der Waals surface area contributed by atoms with E-state index in [4.69, 9.17) is 4.74 Å².